The third-order valence-corrected chi connectivity index (χ3v) is 2.65. The molecule has 0 aliphatic heterocycles. The van der Waals surface area contributed by atoms with E-state index in [0.717, 1.165) is 0 Å². The first-order valence-corrected chi connectivity index (χ1v) is 5.74. The van der Waals surface area contributed by atoms with Crippen LogP contribution in [0.15, 0.2) is 29.4 Å². The number of ether oxygens (including phenoxy) is 1. The van der Waals surface area contributed by atoms with Gasteiger partial charge >= 0.3 is 5.97 Å². The average molecular weight is 254 g/mol. The molecular formula is C11H14N2O3S. The molecule has 0 bridgehead atoms. The molecular weight excluding hydrogens is 240 g/mol. The third-order valence-electron chi connectivity index (χ3n) is 1.79. The quantitative estimate of drug-likeness (QED) is 0.644. The standard InChI is InChI=1S/C11H14N2O3S/c1-13(2)7-8(11(15)16-3)12-10(14)9-5-4-6-17-9/h4-7H,1-3H3,(H,12,14)/b8-7+. The zero-order chi connectivity index (χ0) is 12.8. The van der Waals surface area contributed by atoms with Crippen molar-refractivity contribution in [3.8, 4) is 0 Å². The minimum absolute atomic E-state index is 0.107. The molecule has 0 saturated carbocycles. The zero-order valence-electron chi connectivity index (χ0n) is 9.89. The van der Waals surface area contributed by atoms with Gasteiger partial charge in [0.15, 0.2) is 0 Å². The first-order valence-electron chi connectivity index (χ1n) is 4.86. The lowest BCUT2D eigenvalue weighted by molar-refractivity contribution is -0.136. The van der Waals surface area contributed by atoms with E-state index in [9.17, 15) is 9.59 Å². The molecule has 0 fully saturated rings. The average Bonchev–Trinajstić information content (AvgIpc) is 2.79. The van der Waals surface area contributed by atoms with Gasteiger partial charge in [-0.3, -0.25) is 4.79 Å². The maximum absolute atomic E-state index is 11.8. The molecule has 0 aliphatic rings. The minimum Gasteiger partial charge on any atom is -0.464 e. The molecule has 1 aromatic heterocycles. The van der Waals surface area contributed by atoms with E-state index in [4.69, 9.17) is 0 Å². The fourth-order valence-corrected chi connectivity index (χ4v) is 1.71. The summed E-state index contributed by atoms with van der Waals surface area (Å²) in [6, 6.07) is 3.46. The number of methoxy groups -OCH3 is 1. The van der Waals surface area contributed by atoms with Crippen LogP contribution in [0.2, 0.25) is 0 Å². The van der Waals surface area contributed by atoms with Crippen LogP contribution in [-0.4, -0.2) is 38.0 Å². The Labute approximate surface area is 104 Å². The van der Waals surface area contributed by atoms with Gasteiger partial charge in [-0.15, -0.1) is 11.3 Å². The summed E-state index contributed by atoms with van der Waals surface area (Å²) in [7, 11) is 4.77. The molecule has 17 heavy (non-hydrogen) atoms. The second kappa shape index (κ2) is 6.05. The lowest BCUT2D eigenvalue weighted by atomic mass is 10.4. The molecule has 1 N–H and O–H groups in total. The van der Waals surface area contributed by atoms with Crippen LogP contribution in [0.5, 0.6) is 0 Å². The Morgan fingerprint density at radius 1 is 1.47 bits per heavy atom. The molecule has 0 radical (unpaired) electrons. The molecule has 1 aromatic rings. The molecule has 0 aromatic carbocycles. The summed E-state index contributed by atoms with van der Waals surface area (Å²) in [4.78, 5) is 25.4. The number of carbonyl (C=O) groups excluding carboxylic acids is 2. The summed E-state index contributed by atoms with van der Waals surface area (Å²) in [5.74, 6) is -0.901. The maximum atomic E-state index is 11.8. The summed E-state index contributed by atoms with van der Waals surface area (Å²) >= 11 is 1.31. The summed E-state index contributed by atoms with van der Waals surface area (Å²) in [6.45, 7) is 0. The Kier molecular flexibility index (Phi) is 4.71. The van der Waals surface area contributed by atoms with Gasteiger partial charge in [-0.1, -0.05) is 6.07 Å². The highest BCUT2D eigenvalue weighted by atomic mass is 32.1. The van der Waals surface area contributed by atoms with Gasteiger partial charge in [-0.05, 0) is 11.4 Å². The van der Waals surface area contributed by atoms with Gasteiger partial charge in [0.05, 0.1) is 12.0 Å². The number of rotatable bonds is 4. The molecule has 1 amide bonds. The van der Waals surface area contributed by atoms with Crippen molar-refractivity contribution in [1.29, 1.82) is 0 Å². The van der Waals surface area contributed by atoms with Crippen molar-refractivity contribution in [2.24, 2.45) is 0 Å². The smallest absolute Gasteiger partial charge is 0.356 e. The van der Waals surface area contributed by atoms with Gasteiger partial charge in [0, 0.05) is 20.3 Å². The molecule has 0 spiro atoms. The Morgan fingerprint density at radius 3 is 2.65 bits per heavy atom. The van der Waals surface area contributed by atoms with Gasteiger partial charge < -0.3 is 15.0 Å². The van der Waals surface area contributed by atoms with Crippen molar-refractivity contribution in [3.63, 3.8) is 0 Å². The number of amides is 1. The molecule has 0 unspecified atom stereocenters. The summed E-state index contributed by atoms with van der Waals surface area (Å²) in [6.07, 6.45) is 1.50. The number of esters is 1. The van der Waals surface area contributed by atoms with E-state index >= 15 is 0 Å². The first-order chi connectivity index (χ1) is 8.04. The van der Waals surface area contributed by atoms with Crippen molar-refractivity contribution in [2.75, 3.05) is 21.2 Å². The Balaban J connectivity index is 2.81. The normalized spacial score (nSPS) is 10.9. The van der Waals surface area contributed by atoms with Gasteiger partial charge in [0.2, 0.25) is 0 Å². The van der Waals surface area contributed by atoms with E-state index in [2.05, 4.69) is 10.1 Å². The van der Waals surface area contributed by atoms with Crippen LogP contribution in [0.3, 0.4) is 0 Å². The van der Waals surface area contributed by atoms with Crippen LogP contribution in [0.4, 0.5) is 0 Å². The van der Waals surface area contributed by atoms with E-state index in [1.807, 2.05) is 0 Å². The Bertz CT molecular complexity index is 424. The number of carbonyl (C=O) groups is 2. The lowest BCUT2D eigenvalue weighted by Crippen LogP contribution is -2.29. The highest BCUT2D eigenvalue weighted by Crippen LogP contribution is 2.09. The van der Waals surface area contributed by atoms with E-state index in [0.29, 0.717) is 4.88 Å². The number of hydrogen-bond donors (Lipinski definition) is 1. The van der Waals surface area contributed by atoms with Crippen molar-refractivity contribution < 1.29 is 14.3 Å². The van der Waals surface area contributed by atoms with Gasteiger partial charge in [-0.25, -0.2) is 4.79 Å². The van der Waals surface area contributed by atoms with Crippen molar-refractivity contribution in [2.45, 2.75) is 0 Å². The molecule has 1 rings (SSSR count). The molecule has 6 heteroatoms. The van der Waals surface area contributed by atoms with Crippen molar-refractivity contribution >= 4 is 23.2 Å². The van der Waals surface area contributed by atoms with Crippen molar-refractivity contribution in [3.05, 3.63) is 34.3 Å². The second-order valence-electron chi connectivity index (χ2n) is 3.43. The van der Waals surface area contributed by atoms with Crippen LogP contribution in [-0.2, 0) is 9.53 Å². The maximum Gasteiger partial charge on any atom is 0.356 e. The predicted molar refractivity (Wildman–Crippen MR) is 65.6 cm³/mol. The fourth-order valence-electron chi connectivity index (χ4n) is 1.10. The molecule has 92 valence electrons. The number of hydrogen-bond acceptors (Lipinski definition) is 5. The van der Waals surface area contributed by atoms with E-state index in [1.165, 1.54) is 24.6 Å². The number of nitrogens with zero attached hydrogens (tertiary/aromatic N) is 1. The lowest BCUT2D eigenvalue weighted by Gasteiger charge is -2.11. The predicted octanol–water partition coefficient (Wildman–Crippen LogP) is 1.05. The highest BCUT2D eigenvalue weighted by molar-refractivity contribution is 7.12. The molecule has 0 aliphatic carbocycles. The molecule has 5 nitrogen and oxygen atoms in total. The minimum atomic E-state index is -0.580. The number of thiophene rings is 1. The Hall–Kier alpha value is -1.82. The first kappa shape index (κ1) is 13.2. The number of nitrogens with one attached hydrogen (secondary N) is 1. The molecule has 0 atom stereocenters. The second-order valence-corrected chi connectivity index (χ2v) is 4.38. The van der Waals surface area contributed by atoms with Crippen LogP contribution >= 0.6 is 11.3 Å². The van der Waals surface area contributed by atoms with Crippen LogP contribution in [0.1, 0.15) is 9.67 Å². The fraction of sp³-hybridized carbons (Fsp3) is 0.273. The van der Waals surface area contributed by atoms with Gasteiger partial charge in [0.25, 0.3) is 5.91 Å². The van der Waals surface area contributed by atoms with E-state index in [-0.39, 0.29) is 11.6 Å². The largest absolute Gasteiger partial charge is 0.464 e. The van der Waals surface area contributed by atoms with Crippen molar-refractivity contribution in [1.82, 2.24) is 10.2 Å². The van der Waals surface area contributed by atoms with Gasteiger partial charge in [-0.2, -0.15) is 0 Å². The summed E-state index contributed by atoms with van der Waals surface area (Å²) in [5.41, 5.74) is 0.107. The van der Waals surface area contributed by atoms with Crippen LogP contribution in [0.25, 0.3) is 0 Å². The monoisotopic (exact) mass is 254 g/mol. The summed E-state index contributed by atoms with van der Waals surface area (Å²) in [5, 5.41) is 4.31. The topological polar surface area (TPSA) is 58.6 Å². The third kappa shape index (κ3) is 3.92. The highest BCUT2D eigenvalue weighted by Gasteiger charge is 2.15. The molecule has 0 saturated heterocycles. The molecule has 1 heterocycles. The van der Waals surface area contributed by atoms with Gasteiger partial charge in [0.1, 0.15) is 5.70 Å². The zero-order valence-corrected chi connectivity index (χ0v) is 10.7. The van der Waals surface area contributed by atoms with E-state index in [1.54, 1.807) is 36.5 Å². The van der Waals surface area contributed by atoms with Crippen LogP contribution < -0.4 is 5.32 Å². The van der Waals surface area contributed by atoms with E-state index < -0.39 is 5.97 Å². The van der Waals surface area contributed by atoms with Crippen LogP contribution in [0, 0.1) is 0 Å². The Morgan fingerprint density at radius 2 is 2.18 bits per heavy atom. The summed E-state index contributed by atoms with van der Waals surface area (Å²) < 4.78 is 4.59. The SMILES string of the molecule is COC(=O)/C(=C\N(C)C)NC(=O)c1cccs1.